The molecular formula is C62H53BN2O. The molecular weight excluding hydrogens is 800 g/mol. The van der Waals surface area contributed by atoms with Crippen molar-refractivity contribution in [3.8, 4) is 39.1 Å². The van der Waals surface area contributed by atoms with Crippen LogP contribution in [0.15, 0.2) is 144 Å². The van der Waals surface area contributed by atoms with Crippen molar-refractivity contribution in [2.45, 2.75) is 90.9 Å². The van der Waals surface area contributed by atoms with Crippen LogP contribution < -0.4 is 15.7 Å². The summed E-state index contributed by atoms with van der Waals surface area (Å²) in [5, 5.41) is 4.91. The molecule has 0 amide bonds. The summed E-state index contributed by atoms with van der Waals surface area (Å²) in [4.78, 5) is 2.70. The molecule has 4 heterocycles. The van der Waals surface area contributed by atoms with Crippen molar-refractivity contribution in [1.82, 2.24) is 4.57 Å². The minimum atomic E-state index is -0.160. The molecule has 8 aromatic carbocycles. The van der Waals surface area contributed by atoms with Crippen LogP contribution in [-0.2, 0) is 21.7 Å². The summed E-state index contributed by atoms with van der Waals surface area (Å²) in [6.07, 6.45) is 0. The van der Waals surface area contributed by atoms with Crippen LogP contribution in [0.4, 0.5) is 11.4 Å². The van der Waals surface area contributed by atoms with E-state index in [1.807, 2.05) is 0 Å². The zero-order chi connectivity index (χ0) is 45.1. The Morgan fingerprint density at radius 3 is 1.89 bits per heavy atom. The number of anilines is 2. The summed E-state index contributed by atoms with van der Waals surface area (Å²) in [5.74, 6) is 0. The van der Waals surface area contributed by atoms with Crippen LogP contribution >= 0.6 is 0 Å². The molecule has 0 saturated carbocycles. The van der Waals surface area contributed by atoms with Gasteiger partial charge in [0.1, 0.15) is 11.2 Å². The Labute approximate surface area is 387 Å². The molecule has 2 aliphatic carbocycles. The van der Waals surface area contributed by atoms with Gasteiger partial charge in [-0.15, -0.1) is 0 Å². The molecule has 66 heavy (non-hydrogen) atoms. The Hall–Kier alpha value is -6.78. The van der Waals surface area contributed by atoms with Gasteiger partial charge in [0, 0.05) is 61.1 Å². The van der Waals surface area contributed by atoms with Crippen molar-refractivity contribution in [3.05, 3.63) is 173 Å². The summed E-state index contributed by atoms with van der Waals surface area (Å²) in [6.45, 7) is 23.5. The second-order valence-electron chi connectivity index (χ2n) is 23.0. The fourth-order valence-corrected chi connectivity index (χ4v) is 12.9. The number of hydrogen-bond acceptors (Lipinski definition) is 2. The van der Waals surface area contributed by atoms with E-state index in [4.69, 9.17) is 4.42 Å². The van der Waals surface area contributed by atoms with Crippen LogP contribution in [0.2, 0.25) is 0 Å². The minimum absolute atomic E-state index is 0.0274. The lowest BCUT2D eigenvalue weighted by Gasteiger charge is -2.42. The third-order valence-corrected chi connectivity index (χ3v) is 16.5. The SMILES string of the molecule is CC(C)(C)c1ccc(N2B3c4cc5c(cc4-n4c6cc7c(cc6c6ccc(c3c64)-c3cc4c(cc32)-c2cc(C(C)(C)C)ccc2C4(C)C)C(C)(C)c2ccccc2-7)oc2ccccc25)cc1. The van der Waals surface area contributed by atoms with E-state index in [1.54, 1.807) is 0 Å². The summed E-state index contributed by atoms with van der Waals surface area (Å²) in [5.41, 5.74) is 26.8. The summed E-state index contributed by atoms with van der Waals surface area (Å²) < 4.78 is 9.38. The maximum absolute atomic E-state index is 6.77. The lowest BCUT2D eigenvalue weighted by atomic mass is 9.44. The number of rotatable bonds is 1. The van der Waals surface area contributed by atoms with E-state index in [0.717, 1.165) is 21.9 Å². The zero-order valence-corrected chi connectivity index (χ0v) is 39.7. The first-order chi connectivity index (χ1) is 31.5. The molecule has 2 aliphatic heterocycles. The second kappa shape index (κ2) is 12.2. The number of nitrogens with zero attached hydrogens (tertiary/aromatic N) is 2. The monoisotopic (exact) mass is 852 g/mol. The van der Waals surface area contributed by atoms with E-state index in [-0.39, 0.29) is 28.5 Å². The Kier molecular flexibility index (Phi) is 7.09. The highest BCUT2D eigenvalue weighted by molar-refractivity contribution is 6.94. The van der Waals surface area contributed by atoms with Gasteiger partial charge in [0.05, 0.1) is 11.0 Å². The van der Waals surface area contributed by atoms with E-state index >= 15 is 0 Å². The highest BCUT2D eigenvalue weighted by Gasteiger charge is 2.47. The van der Waals surface area contributed by atoms with Crippen molar-refractivity contribution >= 4 is 72.9 Å². The molecule has 0 spiro atoms. The van der Waals surface area contributed by atoms with E-state index in [1.165, 1.54) is 117 Å². The van der Waals surface area contributed by atoms with Crippen LogP contribution in [0.3, 0.4) is 0 Å². The Balaban J connectivity index is 1.14. The van der Waals surface area contributed by atoms with Crippen molar-refractivity contribution in [2.75, 3.05) is 4.81 Å². The largest absolute Gasteiger partial charge is 0.456 e. The molecule has 0 atom stereocenters. The number of para-hydroxylation sites is 1. The molecule has 14 rings (SSSR count). The second-order valence-corrected chi connectivity index (χ2v) is 23.0. The van der Waals surface area contributed by atoms with Gasteiger partial charge in [0.15, 0.2) is 0 Å². The quantitative estimate of drug-likeness (QED) is 0.153. The van der Waals surface area contributed by atoms with Gasteiger partial charge >= 0.3 is 6.85 Å². The Morgan fingerprint density at radius 2 is 1.12 bits per heavy atom. The molecule has 0 fully saturated rings. The summed E-state index contributed by atoms with van der Waals surface area (Å²) in [7, 11) is 0. The van der Waals surface area contributed by atoms with Crippen LogP contribution in [0.5, 0.6) is 0 Å². The third-order valence-electron chi connectivity index (χ3n) is 16.5. The first-order valence-electron chi connectivity index (χ1n) is 24.0. The third kappa shape index (κ3) is 4.75. The number of fused-ring (bicyclic) bond motifs is 17. The molecule has 4 aliphatic rings. The molecule has 0 radical (unpaired) electrons. The Morgan fingerprint density at radius 1 is 0.455 bits per heavy atom. The van der Waals surface area contributed by atoms with Gasteiger partial charge in [0.2, 0.25) is 0 Å². The fraction of sp³-hybridized carbons (Fsp3) is 0.226. The van der Waals surface area contributed by atoms with E-state index < -0.39 is 0 Å². The van der Waals surface area contributed by atoms with E-state index in [9.17, 15) is 0 Å². The van der Waals surface area contributed by atoms with Gasteiger partial charge in [0.25, 0.3) is 0 Å². The topological polar surface area (TPSA) is 21.3 Å². The summed E-state index contributed by atoms with van der Waals surface area (Å²) >= 11 is 0. The molecule has 3 nitrogen and oxygen atoms in total. The maximum Gasteiger partial charge on any atom is 0.333 e. The zero-order valence-electron chi connectivity index (χ0n) is 39.7. The highest BCUT2D eigenvalue weighted by Crippen LogP contribution is 2.56. The van der Waals surface area contributed by atoms with Gasteiger partial charge in [-0.2, -0.15) is 0 Å². The fourth-order valence-electron chi connectivity index (χ4n) is 12.9. The lowest BCUT2D eigenvalue weighted by Crippen LogP contribution is -2.60. The van der Waals surface area contributed by atoms with E-state index in [0.29, 0.717) is 0 Å². The first kappa shape index (κ1) is 38.5. The predicted molar refractivity (Wildman–Crippen MR) is 280 cm³/mol. The molecule has 4 heteroatoms. The normalized spacial score (nSPS) is 15.9. The average Bonchev–Trinajstić information content (AvgIpc) is 3.96. The molecule has 0 saturated heterocycles. The van der Waals surface area contributed by atoms with Gasteiger partial charge in [-0.05, 0) is 125 Å². The van der Waals surface area contributed by atoms with Crippen molar-refractivity contribution in [3.63, 3.8) is 0 Å². The van der Waals surface area contributed by atoms with Crippen LogP contribution in [0.25, 0.3) is 82.8 Å². The average molecular weight is 853 g/mol. The molecule has 0 bridgehead atoms. The number of benzene rings is 8. The molecule has 320 valence electrons. The molecule has 0 N–H and O–H groups in total. The number of furan rings is 1. The van der Waals surface area contributed by atoms with Gasteiger partial charge < -0.3 is 13.8 Å². The van der Waals surface area contributed by atoms with Crippen LogP contribution in [0.1, 0.15) is 103 Å². The van der Waals surface area contributed by atoms with Crippen molar-refractivity contribution in [1.29, 1.82) is 0 Å². The van der Waals surface area contributed by atoms with Crippen molar-refractivity contribution < 1.29 is 4.42 Å². The number of hydrogen-bond donors (Lipinski definition) is 0. The smallest absolute Gasteiger partial charge is 0.333 e. The van der Waals surface area contributed by atoms with Crippen molar-refractivity contribution in [2.24, 2.45) is 0 Å². The Bertz CT molecular complexity index is 3840. The maximum atomic E-state index is 6.77. The standard InChI is InChI=1S/C62H53BN2O/c1-59(2,3)34-19-22-36(23-20-34)65-53-32-43-41-27-35(60(4,5)6)21-26-48(41)62(9,10)50(43)28-44(53)39-24-25-40-45-29-49-42(37-15-11-13-17-47(37)61(49,7)8)31-52(45)64-54-33-56-46(38-16-12-14-18-55(38)66-56)30-51(54)63(65)57(39)58(40)64/h11-33H,1-10H3. The molecule has 2 aromatic heterocycles. The van der Waals surface area contributed by atoms with E-state index in [2.05, 4.69) is 218 Å². The lowest BCUT2D eigenvalue weighted by molar-refractivity contribution is 0.589. The molecule has 10 aromatic rings. The van der Waals surface area contributed by atoms with Crippen LogP contribution in [0, 0.1) is 0 Å². The van der Waals surface area contributed by atoms with Gasteiger partial charge in [-0.1, -0.05) is 160 Å². The van der Waals surface area contributed by atoms with Gasteiger partial charge in [-0.25, -0.2) is 0 Å². The minimum Gasteiger partial charge on any atom is -0.456 e. The predicted octanol–water partition coefficient (Wildman–Crippen LogP) is 15.1. The van der Waals surface area contributed by atoms with Gasteiger partial charge in [-0.3, -0.25) is 0 Å². The highest BCUT2D eigenvalue weighted by atomic mass is 16.3. The first-order valence-corrected chi connectivity index (χ1v) is 24.0. The van der Waals surface area contributed by atoms with Crippen LogP contribution in [-0.4, -0.2) is 11.4 Å². The molecule has 0 unspecified atom stereocenters. The number of aromatic nitrogens is 1. The summed E-state index contributed by atoms with van der Waals surface area (Å²) in [6, 6.07) is 54.3.